The number of nitrogens with zero attached hydrogens (tertiary/aromatic N) is 2. The first-order valence-electron chi connectivity index (χ1n) is 14.2. The molecule has 0 saturated heterocycles. The number of fused-ring (bicyclic) bond motifs is 1. The van der Waals surface area contributed by atoms with Gasteiger partial charge in [-0.25, -0.2) is 9.79 Å². The number of carbonyl (C=O) groups excluding carboxylic acids is 1. The van der Waals surface area contributed by atoms with Crippen molar-refractivity contribution in [2.45, 2.75) is 39.3 Å². The largest absolute Gasteiger partial charge is 0.490 e. The van der Waals surface area contributed by atoms with Crippen LogP contribution < -0.4 is 24.4 Å². The molecule has 1 aromatic heterocycles. The van der Waals surface area contributed by atoms with E-state index in [2.05, 4.69) is 6.58 Å². The summed E-state index contributed by atoms with van der Waals surface area (Å²) in [6, 6.07) is 22.7. The van der Waals surface area contributed by atoms with Crippen LogP contribution in [-0.2, 0) is 22.6 Å². The molecule has 4 aromatic rings. The summed E-state index contributed by atoms with van der Waals surface area (Å²) in [7, 11) is 1.35. The highest BCUT2D eigenvalue weighted by atomic mass is 32.1. The number of ether oxygens (including phenoxy) is 3. The molecular weight excluding hydrogens is 560 g/mol. The molecule has 0 radical (unpaired) electrons. The molecule has 0 amide bonds. The molecule has 1 atom stereocenters. The van der Waals surface area contributed by atoms with Crippen LogP contribution in [0.3, 0.4) is 0 Å². The Morgan fingerprint density at radius 1 is 1.05 bits per heavy atom. The summed E-state index contributed by atoms with van der Waals surface area (Å²) in [5.41, 5.74) is 4.30. The lowest BCUT2D eigenvalue weighted by molar-refractivity contribution is -0.136. The Hall–Kier alpha value is -4.69. The average Bonchev–Trinajstić information content (AvgIpc) is 3.34. The maximum Gasteiger partial charge on any atom is 0.338 e. The lowest BCUT2D eigenvalue weighted by Gasteiger charge is -2.25. The van der Waals surface area contributed by atoms with Gasteiger partial charge in [-0.3, -0.25) is 9.36 Å². The molecular formula is C35H34N2O5S. The van der Waals surface area contributed by atoms with Crippen LogP contribution in [0.1, 0.15) is 48.6 Å². The third-order valence-corrected chi connectivity index (χ3v) is 8.09. The molecule has 0 spiro atoms. The summed E-state index contributed by atoms with van der Waals surface area (Å²) in [6.45, 7) is 8.64. The van der Waals surface area contributed by atoms with Crippen LogP contribution in [0.25, 0.3) is 6.08 Å². The second-order valence-corrected chi connectivity index (χ2v) is 10.9. The van der Waals surface area contributed by atoms with Crippen LogP contribution in [0.2, 0.25) is 0 Å². The van der Waals surface area contributed by atoms with Crippen molar-refractivity contribution in [3.8, 4) is 11.5 Å². The molecule has 1 aliphatic heterocycles. The molecule has 43 heavy (non-hydrogen) atoms. The van der Waals surface area contributed by atoms with E-state index in [1.165, 1.54) is 18.4 Å². The first-order valence-corrected chi connectivity index (χ1v) is 15.1. The standard InChI is InChI=1S/C35H34N2O5S/c1-5-14-26-19-24(20-28(41-7-3)32(26)42-22-23-15-10-8-11-16-23)21-29-33(38)37-31(25-17-12-9-13-18-25)30(34(39)40-4)27(6-2)36-35(37)43-29/h5,8-13,15-21,31H,1,6-7,14,22H2,2-4H3/b29-21-/t31-/m0/s1. The van der Waals surface area contributed by atoms with Gasteiger partial charge in [-0.15, -0.1) is 6.58 Å². The molecule has 3 aromatic carbocycles. The van der Waals surface area contributed by atoms with E-state index in [1.54, 1.807) is 4.57 Å². The molecule has 0 fully saturated rings. The summed E-state index contributed by atoms with van der Waals surface area (Å²) < 4.78 is 19.5. The number of allylic oxidation sites excluding steroid dienone is 2. The van der Waals surface area contributed by atoms with Gasteiger partial charge in [0, 0.05) is 5.56 Å². The minimum absolute atomic E-state index is 0.234. The van der Waals surface area contributed by atoms with Gasteiger partial charge >= 0.3 is 5.97 Å². The molecule has 220 valence electrons. The number of methoxy groups -OCH3 is 1. The maximum atomic E-state index is 14.0. The summed E-state index contributed by atoms with van der Waals surface area (Å²) in [5, 5.41) is 0. The fourth-order valence-electron chi connectivity index (χ4n) is 5.20. The summed E-state index contributed by atoms with van der Waals surface area (Å²) in [6.07, 6.45) is 4.74. The van der Waals surface area contributed by atoms with Gasteiger partial charge in [-0.2, -0.15) is 0 Å². The molecule has 0 saturated carbocycles. The van der Waals surface area contributed by atoms with E-state index in [1.807, 2.05) is 98.8 Å². The first kappa shape index (κ1) is 29.8. The van der Waals surface area contributed by atoms with Crippen molar-refractivity contribution in [2.75, 3.05) is 13.7 Å². The van der Waals surface area contributed by atoms with E-state index >= 15 is 0 Å². The van der Waals surface area contributed by atoms with E-state index in [-0.39, 0.29) is 5.56 Å². The van der Waals surface area contributed by atoms with Gasteiger partial charge in [0.1, 0.15) is 6.61 Å². The zero-order valence-electron chi connectivity index (χ0n) is 24.5. The second kappa shape index (κ2) is 13.5. The molecule has 2 heterocycles. The van der Waals surface area contributed by atoms with E-state index < -0.39 is 12.0 Å². The van der Waals surface area contributed by atoms with Gasteiger partial charge in [0.2, 0.25) is 0 Å². The van der Waals surface area contributed by atoms with Gasteiger partial charge in [-0.05, 0) is 54.7 Å². The van der Waals surface area contributed by atoms with Crippen molar-refractivity contribution < 1.29 is 19.0 Å². The Balaban J connectivity index is 1.64. The van der Waals surface area contributed by atoms with Crippen molar-refractivity contribution in [3.63, 3.8) is 0 Å². The van der Waals surface area contributed by atoms with Crippen LogP contribution in [0, 0.1) is 0 Å². The Bertz CT molecular complexity index is 1840. The molecule has 5 rings (SSSR count). The Kier molecular flexibility index (Phi) is 9.37. The molecule has 7 nitrogen and oxygen atoms in total. The third-order valence-electron chi connectivity index (χ3n) is 7.11. The fourth-order valence-corrected chi connectivity index (χ4v) is 6.22. The fraction of sp³-hybridized carbons (Fsp3) is 0.229. The number of benzene rings is 3. The average molecular weight is 595 g/mol. The van der Waals surface area contributed by atoms with Crippen LogP contribution >= 0.6 is 11.3 Å². The van der Waals surface area contributed by atoms with Gasteiger partial charge < -0.3 is 14.2 Å². The summed E-state index contributed by atoms with van der Waals surface area (Å²) >= 11 is 1.30. The maximum absolute atomic E-state index is 14.0. The molecule has 0 unspecified atom stereocenters. The minimum Gasteiger partial charge on any atom is -0.490 e. The highest BCUT2D eigenvalue weighted by Crippen LogP contribution is 2.35. The van der Waals surface area contributed by atoms with Gasteiger partial charge in [0.25, 0.3) is 5.56 Å². The molecule has 0 aliphatic carbocycles. The molecule has 0 bridgehead atoms. The summed E-state index contributed by atoms with van der Waals surface area (Å²) in [5.74, 6) is 0.758. The quantitative estimate of drug-likeness (QED) is 0.169. The number of aromatic nitrogens is 1. The number of thiazole rings is 1. The smallest absolute Gasteiger partial charge is 0.338 e. The van der Waals surface area contributed by atoms with Crippen LogP contribution in [0.5, 0.6) is 11.5 Å². The van der Waals surface area contributed by atoms with Gasteiger partial charge in [0.05, 0.1) is 35.6 Å². The minimum atomic E-state index is -0.647. The predicted molar refractivity (Wildman–Crippen MR) is 169 cm³/mol. The summed E-state index contributed by atoms with van der Waals surface area (Å²) in [4.78, 5) is 32.3. The normalized spacial score (nSPS) is 14.6. The van der Waals surface area contributed by atoms with Crippen LogP contribution in [-0.4, -0.2) is 24.3 Å². The molecule has 8 heteroatoms. The first-order chi connectivity index (χ1) is 21.0. The van der Waals surface area contributed by atoms with E-state index in [0.717, 1.165) is 22.3 Å². The van der Waals surface area contributed by atoms with Crippen molar-refractivity contribution in [1.29, 1.82) is 0 Å². The number of hydrogen-bond donors (Lipinski definition) is 0. The molecule has 0 N–H and O–H groups in total. The van der Waals surface area contributed by atoms with Crippen LogP contribution in [0.4, 0.5) is 0 Å². The number of esters is 1. The SMILES string of the molecule is C=CCc1cc(/C=c2\sc3n(c2=O)[C@@H](c2ccccc2)C(C(=O)OC)=C(CC)N=3)cc(OCC)c1OCc1ccccc1. The Morgan fingerprint density at radius 2 is 1.77 bits per heavy atom. The van der Waals surface area contributed by atoms with Crippen molar-refractivity contribution >= 4 is 23.4 Å². The Morgan fingerprint density at radius 3 is 2.42 bits per heavy atom. The topological polar surface area (TPSA) is 79.1 Å². The highest BCUT2D eigenvalue weighted by molar-refractivity contribution is 7.07. The van der Waals surface area contributed by atoms with E-state index in [9.17, 15) is 9.59 Å². The lowest BCUT2D eigenvalue weighted by atomic mass is 9.95. The predicted octanol–water partition coefficient (Wildman–Crippen LogP) is 5.50. The lowest BCUT2D eigenvalue weighted by Crippen LogP contribution is -2.40. The molecule has 1 aliphatic rings. The monoisotopic (exact) mass is 594 g/mol. The second-order valence-electron chi connectivity index (χ2n) is 9.91. The van der Waals surface area contributed by atoms with Gasteiger partial charge in [-0.1, -0.05) is 85.0 Å². The number of carbonyl (C=O) groups is 1. The van der Waals surface area contributed by atoms with E-state index in [4.69, 9.17) is 19.2 Å². The van der Waals surface area contributed by atoms with Crippen molar-refractivity contribution in [1.82, 2.24) is 4.57 Å². The Labute approximate surface area is 254 Å². The number of hydrogen-bond acceptors (Lipinski definition) is 7. The zero-order chi connectivity index (χ0) is 30.3. The van der Waals surface area contributed by atoms with Crippen LogP contribution in [0.15, 0.2) is 107 Å². The highest BCUT2D eigenvalue weighted by Gasteiger charge is 2.33. The number of rotatable bonds is 11. The van der Waals surface area contributed by atoms with Crippen molar-refractivity contribution in [3.05, 3.63) is 139 Å². The zero-order valence-corrected chi connectivity index (χ0v) is 25.4. The van der Waals surface area contributed by atoms with E-state index in [0.29, 0.717) is 58.2 Å². The third kappa shape index (κ3) is 6.24. The van der Waals surface area contributed by atoms with Crippen molar-refractivity contribution in [2.24, 2.45) is 4.99 Å². The van der Waals surface area contributed by atoms with Gasteiger partial charge in [0.15, 0.2) is 16.3 Å².